The van der Waals surface area contributed by atoms with Crippen molar-refractivity contribution in [2.75, 3.05) is 14.2 Å². The van der Waals surface area contributed by atoms with E-state index in [1.54, 1.807) is 38.5 Å². The molecule has 0 spiro atoms. The van der Waals surface area contributed by atoms with Crippen LogP contribution < -0.4 is 14.8 Å². The quantitative estimate of drug-likeness (QED) is 0.618. The van der Waals surface area contributed by atoms with Gasteiger partial charge in [-0.3, -0.25) is 4.79 Å². The van der Waals surface area contributed by atoms with Crippen LogP contribution in [0.1, 0.15) is 11.1 Å². The third kappa shape index (κ3) is 4.31. The molecule has 0 unspecified atom stereocenters. The molecule has 0 aromatic heterocycles. The lowest BCUT2D eigenvalue weighted by Crippen LogP contribution is -2.19. The first kappa shape index (κ1) is 19.8. The Kier molecular flexibility index (Phi) is 6.14. The van der Waals surface area contributed by atoms with Crippen LogP contribution in [-0.4, -0.2) is 25.3 Å². The maximum absolute atomic E-state index is 12.3. The highest BCUT2D eigenvalue weighted by Gasteiger charge is 2.24. The molecule has 140 valence electrons. The second kappa shape index (κ2) is 8.37. The lowest BCUT2D eigenvalue weighted by molar-refractivity contribution is -0.115. The average molecular weight is 468 g/mol. The van der Waals surface area contributed by atoms with Crippen molar-refractivity contribution in [1.29, 1.82) is 0 Å². The highest BCUT2D eigenvalue weighted by molar-refractivity contribution is 9.10. The zero-order valence-corrected chi connectivity index (χ0v) is 18.0. The Morgan fingerprint density at radius 2 is 1.93 bits per heavy atom. The molecule has 1 saturated heterocycles. The molecule has 0 radical (unpaired) electrons. The Morgan fingerprint density at radius 3 is 2.63 bits per heavy atom. The van der Waals surface area contributed by atoms with Gasteiger partial charge in [-0.2, -0.15) is 0 Å². The topological polar surface area (TPSA) is 59.9 Å². The normalized spacial score (nSPS) is 16.7. The van der Waals surface area contributed by atoms with Gasteiger partial charge in [-0.05, 0) is 60.2 Å². The van der Waals surface area contributed by atoms with E-state index in [2.05, 4.69) is 26.2 Å². The molecule has 1 aliphatic heterocycles. The number of carbonyl (C=O) groups is 1. The first-order chi connectivity index (χ1) is 12.9. The monoisotopic (exact) mass is 466 g/mol. The number of methoxy groups -OCH3 is 2. The van der Waals surface area contributed by atoms with Gasteiger partial charge in [-0.1, -0.05) is 33.6 Å². The molecule has 1 heterocycles. The number of ether oxygens (including phenoxy) is 2. The second-order valence-corrected chi connectivity index (χ2v) is 7.89. The zero-order valence-electron chi connectivity index (χ0n) is 14.8. The maximum Gasteiger partial charge on any atom is 0.264 e. The van der Waals surface area contributed by atoms with Crippen LogP contribution in [0.15, 0.2) is 44.7 Å². The van der Waals surface area contributed by atoms with E-state index < -0.39 is 0 Å². The lowest BCUT2D eigenvalue weighted by atomic mass is 10.2. The van der Waals surface area contributed by atoms with Crippen LogP contribution in [0, 0.1) is 6.92 Å². The van der Waals surface area contributed by atoms with E-state index in [0.717, 1.165) is 21.3 Å². The number of aliphatic imine (C=N–C) groups is 1. The molecule has 2 aromatic rings. The minimum Gasteiger partial charge on any atom is -0.493 e. The maximum atomic E-state index is 12.3. The van der Waals surface area contributed by atoms with Crippen LogP contribution >= 0.6 is 39.3 Å². The Labute approximate surface area is 174 Å². The Morgan fingerprint density at radius 1 is 1.22 bits per heavy atom. The smallest absolute Gasteiger partial charge is 0.264 e. The summed E-state index contributed by atoms with van der Waals surface area (Å²) >= 11 is 10.9. The van der Waals surface area contributed by atoms with E-state index in [0.29, 0.717) is 26.6 Å². The first-order valence-corrected chi connectivity index (χ1v) is 9.88. The molecule has 5 nitrogen and oxygen atoms in total. The molecule has 8 heteroatoms. The van der Waals surface area contributed by atoms with Crippen molar-refractivity contribution in [2.45, 2.75) is 6.92 Å². The zero-order chi connectivity index (χ0) is 19.6. The molecule has 0 bridgehead atoms. The molecule has 1 fully saturated rings. The van der Waals surface area contributed by atoms with Gasteiger partial charge >= 0.3 is 0 Å². The standard InChI is InChI=1S/C19H16BrClN2O3S/c1-10-13(21)5-4-6-14(10)22-19-23-18(24)17(27-19)8-11-7-15(25-2)16(26-3)9-12(11)20/h4-9H,1-3H3,(H,22,23,24)/b17-8-. The van der Waals surface area contributed by atoms with Crippen molar-refractivity contribution >= 4 is 62.1 Å². The van der Waals surface area contributed by atoms with Crippen molar-refractivity contribution in [3.8, 4) is 11.5 Å². The second-order valence-electron chi connectivity index (χ2n) is 5.59. The number of amides is 1. The SMILES string of the molecule is COc1cc(Br)c(/C=C2\SC(=Nc3cccc(Cl)c3C)NC2=O)cc1OC. The molecule has 1 N–H and O–H groups in total. The van der Waals surface area contributed by atoms with Crippen LogP contribution in [0.4, 0.5) is 5.69 Å². The van der Waals surface area contributed by atoms with Gasteiger partial charge in [-0.25, -0.2) is 4.99 Å². The summed E-state index contributed by atoms with van der Waals surface area (Å²) in [5.41, 5.74) is 2.38. The molecule has 2 aromatic carbocycles. The molecule has 0 saturated carbocycles. The van der Waals surface area contributed by atoms with E-state index in [-0.39, 0.29) is 5.91 Å². The van der Waals surface area contributed by atoms with Crippen molar-refractivity contribution in [3.05, 3.63) is 55.9 Å². The Hall–Kier alpha value is -1.96. The van der Waals surface area contributed by atoms with Gasteiger partial charge in [0.1, 0.15) is 0 Å². The van der Waals surface area contributed by atoms with Crippen LogP contribution in [0.25, 0.3) is 6.08 Å². The summed E-state index contributed by atoms with van der Waals surface area (Å²) in [6, 6.07) is 9.09. The summed E-state index contributed by atoms with van der Waals surface area (Å²) in [5.74, 6) is 0.980. The number of rotatable bonds is 4. The molecule has 27 heavy (non-hydrogen) atoms. The van der Waals surface area contributed by atoms with E-state index in [9.17, 15) is 4.79 Å². The minimum atomic E-state index is -0.208. The molecule has 3 rings (SSSR count). The minimum absolute atomic E-state index is 0.208. The summed E-state index contributed by atoms with van der Waals surface area (Å²) in [5, 5.41) is 3.92. The summed E-state index contributed by atoms with van der Waals surface area (Å²) in [6.07, 6.45) is 1.78. The number of hydrogen-bond donors (Lipinski definition) is 1. The third-order valence-electron chi connectivity index (χ3n) is 3.90. The molecule has 1 amide bonds. The van der Waals surface area contributed by atoms with Crippen LogP contribution in [0.2, 0.25) is 5.02 Å². The van der Waals surface area contributed by atoms with Gasteiger partial charge in [0, 0.05) is 9.50 Å². The van der Waals surface area contributed by atoms with E-state index in [1.807, 2.05) is 19.1 Å². The van der Waals surface area contributed by atoms with Gasteiger partial charge in [0.05, 0.1) is 24.8 Å². The van der Waals surface area contributed by atoms with Crippen molar-refractivity contribution in [1.82, 2.24) is 5.32 Å². The van der Waals surface area contributed by atoms with Crippen LogP contribution in [0.5, 0.6) is 11.5 Å². The van der Waals surface area contributed by atoms with E-state index in [1.165, 1.54) is 11.8 Å². The van der Waals surface area contributed by atoms with Crippen LogP contribution in [0.3, 0.4) is 0 Å². The predicted molar refractivity (Wildman–Crippen MR) is 114 cm³/mol. The summed E-state index contributed by atoms with van der Waals surface area (Å²) in [7, 11) is 3.14. The highest BCUT2D eigenvalue weighted by Crippen LogP contribution is 2.36. The fraction of sp³-hybridized carbons (Fsp3) is 0.158. The van der Waals surface area contributed by atoms with Gasteiger partial charge < -0.3 is 14.8 Å². The number of amidine groups is 1. The number of carbonyl (C=O) groups excluding carboxylic acids is 1. The Balaban J connectivity index is 1.92. The van der Waals surface area contributed by atoms with Gasteiger partial charge in [-0.15, -0.1) is 0 Å². The van der Waals surface area contributed by atoms with Gasteiger partial charge in [0.25, 0.3) is 5.91 Å². The highest BCUT2D eigenvalue weighted by atomic mass is 79.9. The number of benzene rings is 2. The van der Waals surface area contributed by atoms with Crippen LogP contribution in [-0.2, 0) is 4.79 Å². The number of nitrogens with zero attached hydrogens (tertiary/aromatic N) is 1. The van der Waals surface area contributed by atoms with Crippen molar-refractivity contribution in [3.63, 3.8) is 0 Å². The molecular formula is C19H16BrClN2O3S. The Bertz CT molecular complexity index is 976. The summed E-state index contributed by atoms with van der Waals surface area (Å²) < 4.78 is 11.4. The van der Waals surface area contributed by atoms with Crippen molar-refractivity contribution < 1.29 is 14.3 Å². The largest absolute Gasteiger partial charge is 0.493 e. The molecule has 0 aliphatic carbocycles. The average Bonchev–Trinajstić information content (AvgIpc) is 2.99. The van der Waals surface area contributed by atoms with E-state index in [4.69, 9.17) is 21.1 Å². The molecule has 0 atom stereocenters. The third-order valence-corrected chi connectivity index (χ3v) is 5.91. The van der Waals surface area contributed by atoms with E-state index >= 15 is 0 Å². The molecule has 1 aliphatic rings. The number of hydrogen-bond acceptors (Lipinski definition) is 5. The molecular weight excluding hydrogens is 452 g/mol. The fourth-order valence-corrected chi connectivity index (χ4v) is 3.86. The van der Waals surface area contributed by atoms with Crippen molar-refractivity contribution in [2.24, 2.45) is 4.99 Å². The van der Waals surface area contributed by atoms with Gasteiger partial charge in [0.15, 0.2) is 16.7 Å². The summed E-state index contributed by atoms with van der Waals surface area (Å²) in [4.78, 5) is 17.4. The van der Waals surface area contributed by atoms with Gasteiger partial charge in [0.2, 0.25) is 0 Å². The lowest BCUT2D eigenvalue weighted by Gasteiger charge is -2.10. The number of nitrogens with one attached hydrogen (secondary N) is 1. The number of thioether (sulfide) groups is 1. The number of halogens is 2. The first-order valence-electron chi connectivity index (χ1n) is 7.89. The predicted octanol–water partition coefficient (Wildman–Crippen LogP) is 5.32. The fourth-order valence-electron chi connectivity index (χ4n) is 2.43. The summed E-state index contributed by atoms with van der Waals surface area (Å²) in [6.45, 7) is 1.89.